The zero-order valence-electron chi connectivity index (χ0n) is 51.0. The van der Waals surface area contributed by atoms with Gasteiger partial charge in [0.05, 0.1) is 94.9 Å². The highest BCUT2D eigenvalue weighted by Crippen LogP contribution is 2.23. The number of carbonyl (C=O) groups excluding carboxylic acids is 7. The summed E-state index contributed by atoms with van der Waals surface area (Å²) in [6.07, 6.45) is -3.63. The van der Waals surface area contributed by atoms with Gasteiger partial charge in [-0.3, -0.25) is 20.2 Å². The van der Waals surface area contributed by atoms with Gasteiger partial charge in [0.1, 0.15) is 46.6 Å². The fraction of sp³-hybridized carbons (Fsp3) is 0.655. The summed E-state index contributed by atoms with van der Waals surface area (Å²) in [7, 11) is 0. The fourth-order valence-electron chi connectivity index (χ4n) is 7.32. The van der Waals surface area contributed by atoms with E-state index >= 15 is 0 Å². The summed E-state index contributed by atoms with van der Waals surface area (Å²) in [6, 6.07) is 10.0. The number of nitrogens with zero attached hydrogens (tertiary/aromatic N) is 7. The maximum absolute atomic E-state index is 11.8. The molecule has 9 rings (SSSR count). The predicted octanol–water partition coefficient (Wildman–Crippen LogP) is 5.77. The van der Waals surface area contributed by atoms with Crippen LogP contribution in [0.4, 0.5) is 44.9 Å². The van der Waals surface area contributed by atoms with Gasteiger partial charge in [-0.2, -0.15) is 0 Å². The Balaban J connectivity index is 0.000000235. The second kappa shape index (κ2) is 35.4. The first kappa shape index (κ1) is 72.9. The Bertz CT molecular complexity index is 2550. The molecule has 7 fully saturated rings. The molecule has 7 heterocycles. The van der Waals surface area contributed by atoms with Gasteiger partial charge in [-0.15, -0.1) is 0 Å². The molecule has 0 bridgehead atoms. The minimum Gasteiger partial charge on any atom is -0.444 e. The molecule has 7 aliphatic rings. The van der Waals surface area contributed by atoms with Crippen LogP contribution in [0.25, 0.3) is 0 Å². The van der Waals surface area contributed by atoms with Crippen LogP contribution in [0.15, 0.2) is 48.5 Å². The summed E-state index contributed by atoms with van der Waals surface area (Å²) >= 11 is 4.92. The van der Waals surface area contributed by atoms with Crippen molar-refractivity contribution in [1.82, 2.24) is 35.1 Å². The van der Waals surface area contributed by atoms with Crippen molar-refractivity contribution in [2.45, 2.75) is 104 Å². The first-order chi connectivity index (χ1) is 41.3. The number of aliphatic hydroxyl groups is 1. The third kappa shape index (κ3) is 28.9. The molecular weight excluding hydrogens is 1190 g/mol. The second-order valence-electron chi connectivity index (χ2n) is 23.0. The molecule has 3 N–H and O–H groups in total. The van der Waals surface area contributed by atoms with Crippen molar-refractivity contribution in [3.05, 3.63) is 68.8 Å². The molecular formula is C55H82ClN9O23. The molecule has 492 valence electrons. The molecule has 5 amide bonds. The molecule has 0 saturated carbocycles. The van der Waals surface area contributed by atoms with Gasteiger partial charge in [-0.25, -0.2) is 33.6 Å². The van der Waals surface area contributed by atoms with E-state index in [2.05, 4.69) is 15.4 Å². The molecule has 0 spiro atoms. The fourth-order valence-corrected chi connectivity index (χ4v) is 7.40. The number of nitrogens with one attached hydrogen (secondary N) is 2. The van der Waals surface area contributed by atoms with E-state index in [1.54, 1.807) is 30.6 Å². The lowest BCUT2D eigenvalue weighted by Crippen LogP contribution is -2.57. The topological polar surface area (TPSA) is 368 Å². The van der Waals surface area contributed by atoms with E-state index in [0.717, 1.165) is 39.4 Å². The van der Waals surface area contributed by atoms with Gasteiger partial charge in [0.15, 0.2) is 0 Å². The van der Waals surface area contributed by atoms with Crippen molar-refractivity contribution in [2.24, 2.45) is 0 Å². The lowest BCUT2D eigenvalue weighted by Gasteiger charge is -2.39. The molecule has 2 aromatic rings. The van der Waals surface area contributed by atoms with E-state index in [0.29, 0.717) is 78.8 Å². The lowest BCUT2D eigenvalue weighted by molar-refractivity contribution is -0.385. The van der Waals surface area contributed by atoms with Crippen LogP contribution >= 0.6 is 11.6 Å². The van der Waals surface area contributed by atoms with Crippen LogP contribution in [-0.2, 0) is 42.6 Å². The molecule has 2 aromatic carbocycles. The Labute approximate surface area is 514 Å². The first-order valence-electron chi connectivity index (χ1n) is 28.2. The van der Waals surface area contributed by atoms with Gasteiger partial charge in [0, 0.05) is 88.2 Å². The van der Waals surface area contributed by atoms with E-state index in [4.69, 9.17) is 64.1 Å². The highest BCUT2D eigenvalue weighted by Gasteiger charge is 2.39. The SMILES string of the molecule is C1COCCN1.CC(C)(C)OC(=O)N1CC(O)C1.CC(C)(C)OC(=O)N1CC(OC(=O)N2CCOCC2)C1.CC(C)(C)OC(=O)N1CC(OC(=O)Oc2ccc([N+](=O)[O-])cc2)C1.O=C(Cl)Oc1ccc([N+](=O)[O-])cc1.O=C(OC1CNC1)N1CCOCC1. The maximum Gasteiger partial charge on any atom is 0.514 e. The van der Waals surface area contributed by atoms with Crippen molar-refractivity contribution in [2.75, 3.05) is 131 Å². The predicted molar refractivity (Wildman–Crippen MR) is 310 cm³/mol. The first-order valence-corrected chi connectivity index (χ1v) is 28.6. The average molecular weight is 1270 g/mol. The number of β-amino-alcohol motifs (C(OH)–C–C–N with tert-alkyl or cyclic N) is 1. The highest BCUT2D eigenvalue weighted by atomic mass is 35.5. The summed E-state index contributed by atoms with van der Waals surface area (Å²) in [6.45, 7) is 28.4. The molecule has 33 heteroatoms. The molecule has 0 unspecified atom stereocenters. The zero-order chi connectivity index (χ0) is 65.2. The Kier molecular flexibility index (Phi) is 29.3. The summed E-state index contributed by atoms with van der Waals surface area (Å²) in [5.74, 6) is 0.305. The normalized spacial score (nSPS) is 17.7. The van der Waals surface area contributed by atoms with Crippen molar-refractivity contribution < 1.29 is 101 Å². The van der Waals surface area contributed by atoms with Crippen LogP contribution in [-0.4, -0.2) is 254 Å². The Hall–Kier alpha value is -7.62. The van der Waals surface area contributed by atoms with Crippen molar-refractivity contribution in [3.8, 4) is 11.5 Å². The zero-order valence-corrected chi connectivity index (χ0v) is 51.8. The number of benzene rings is 2. The van der Waals surface area contributed by atoms with Gasteiger partial charge < -0.3 is 92.3 Å². The summed E-state index contributed by atoms with van der Waals surface area (Å²) in [4.78, 5) is 107. The summed E-state index contributed by atoms with van der Waals surface area (Å²) in [5.41, 5.74) is -2.70. The van der Waals surface area contributed by atoms with Crippen molar-refractivity contribution in [3.63, 3.8) is 0 Å². The number of likely N-dealkylation sites (tertiary alicyclic amines) is 3. The molecule has 7 aliphatic heterocycles. The number of amides is 5. The van der Waals surface area contributed by atoms with Crippen LogP contribution in [0.1, 0.15) is 62.3 Å². The minimum absolute atomic E-state index is 0.0747. The number of ether oxygens (including phenoxy) is 11. The number of rotatable bonds is 7. The van der Waals surface area contributed by atoms with E-state index in [1.807, 2.05) is 41.5 Å². The molecule has 7 saturated heterocycles. The Morgan fingerprint density at radius 1 is 0.489 bits per heavy atom. The maximum atomic E-state index is 11.8. The summed E-state index contributed by atoms with van der Waals surface area (Å²) < 4.78 is 55.7. The van der Waals surface area contributed by atoms with Gasteiger partial charge >= 0.3 is 42.1 Å². The van der Waals surface area contributed by atoms with Crippen molar-refractivity contribution in [1.29, 1.82) is 0 Å². The van der Waals surface area contributed by atoms with E-state index in [9.17, 15) is 53.8 Å². The number of halogens is 1. The van der Waals surface area contributed by atoms with Crippen LogP contribution < -0.4 is 20.1 Å². The second-order valence-corrected chi connectivity index (χ2v) is 23.3. The molecule has 88 heavy (non-hydrogen) atoms. The number of non-ortho nitro benzene ring substituents is 2. The van der Waals surface area contributed by atoms with Gasteiger partial charge in [-0.05, 0) is 86.6 Å². The highest BCUT2D eigenvalue weighted by molar-refractivity contribution is 6.61. The van der Waals surface area contributed by atoms with E-state index < -0.39 is 50.4 Å². The van der Waals surface area contributed by atoms with Gasteiger partial charge in [0.25, 0.3) is 11.4 Å². The van der Waals surface area contributed by atoms with Gasteiger partial charge in [0.2, 0.25) is 0 Å². The lowest BCUT2D eigenvalue weighted by atomic mass is 10.2. The smallest absolute Gasteiger partial charge is 0.444 e. The number of hydrogen-bond donors (Lipinski definition) is 3. The number of morpholine rings is 3. The van der Waals surface area contributed by atoms with Crippen LogP contribution in [0.2, 0.25) is 0 Å². The Morgan fingerprint density at radius 3 is 1.12 bits per heavy atom. The van der Waals surface area contributed by atoms with Crippen LogP contribution in [0.5, 0.6) is 11.5 Å². The largest absolute Gasteiger partial charge is 0.514 e. The molecule has 32 nitrogen and oxygen atoms in total. The molecule has 0 atom stereocenters. The molecule has 0 radical (unpaired) electrons. The monoisotopic (exact) mass is 1270 g/mol. The minimum atomic E-state index is -0.978. The summed E-state index contributed by atoms with van der Waals surface area (Å²) in [5, 5.41) is 35.9. The number of nitro groups is 2. The van der Waals surface area contributed by atoms with Crippen LogP contribution in [0, 0.1) is 20.2 Å². The number of carbonyl (C=O) groups is 7. The van der Waals surface area contributed by atoms with Gasteiger partial charge in [-0.1, -0.05) is 0 Å². The molecule has 0 aliphatic carbocycles. The quantitative estimate of drug-likeness (QED) is 0.0739. The third-order valence-electron chi connectivity index (χ3n) is 11.9. The number of hydrogen-bond acceptors (Lipinski definition) is 25. The van der Waals surface area contributed by atoms with Crippen LogP contribution in [0.3, 0.4) is 0 Å². The Morgan fingerprint density at radius 2 is 0.830 bits per heavy atom. The van der Waals surface area contributed by atoms with E-state index in [-0.39, 0.29) is 78.6 Å². The third-order valence-corrected chi connectivity index (χ3v) is 12.0. The average Bonchev–Trinajstić information content (AvgIpc) is 2.93. The standard InChI is InChI=1S/C15H18N2O7.C13H22N2O5.C8H14N2O3.C8H15NO3.C7H4ClNO4.C4H9NO/c1-15(2,3)24-13(18)16-8-12(9-16)23-14(19)22-11-6-4-10(5-7-11)17(20)21;1-13(2,3)20-12(17)15-8-10(9-15)19-11(16)14-4-6-18-7-5-14;11-8(13-7-5-9-6-7)10-1-3-12-4-2-10;1-8(2,3)12-7(11)9-4-6(10)5-9;8-7(10)13-6-3-1-5(2-4-6)9(11)12;1-3-6-4-2-5-1/h4-7,12H,8-9H2,1-3H3;10H,4-9H2,1-3H3;7,9H,1-6H2;6,10H,4-5H2,1-3H3;1-4H;5H,1-4H2. The number of aliphatic hydroxyl groups excluding tert-OH is 1. The number of nitro benzene ring substituents is 2. The molecule has 0 aromatic heterocycles. The van der Waals surface area contributed by atoms with Crippen molar-refractivity contribution >= 4 is 65.0 Å². The van der Waals surface area contributed by atoms with E-state index in [1.165, 1.54) is 63.2 Å².